The Morgan fingerprint density at radius 2 is 1.87 bits per heavy atom. The van der Waals surface area contributed by atoms with Crippen LogP contribution < -0.4 is 0 Å². The second kappa shape index (κ2) is 6.65. The zero-order valence-electron chi connectivity index (χ0n) is 16.3. The lowest BCUT2D eigenvalue weighted by molar-refractivity contribution is 0.0307. The Kier molecular flexibility index (Phi) is 4.05. The van der Waals surface area contributed by atoms with Crippen molar-refractivity contribution >= 4 is 16.6 Å². The predicted molar refractivity (Wildman–Crippen MR) is 107 cm³/mol. The van der Waals surface area contributed by atoms with Gasteiger partial charge in [0, 0.05) is 41.5 Å². The number of hydrogen-bond acceptors (Lipinski definition) is 5. The molecule has 30 heavy (non-hydrogen) atoms. The molecule has 0 saturated carbocycles. The summed E-state index contributed by atoms with van der Waals surface area (Å²) in [5.74, 6) is -3.89. The van der Waals surface area contributed by atoms with Crippen molar-refractivity contribution in [3.8, 4) is 11.1 Å². The molecule has 4 aromatic heterocycles. The van der Waals surface area contributed by atoms with Crippen LogP contribution >= 0.6 is 0 Å². The molecule has 0 saturated heterocycles. The van der Waals surface area contributed by atoms with Crippen LogP contribution in [-0.2, 0) is 19.4 Å². The number of aromatic nitrogens is 7. The van der Waals surface area contributed by atoms with Gasteiger partial charge in [0.2, 0.25) is 5.82 Å². The van der Waals surface area contributed by atoms with E-state index in [1.54, 1.807) is 35.3 Å². The maximum absolute atomic E-state index is 15.4. The molecule has 0 atom stereocenters. The highest BCUT2D eigenvalue weighted by Crippen LogP contribution is 2.36. The second-order valence-electron chi connectivity index (χ2n) is 7.08. The highest BCUT2D eigenvalue weighted by molar-refractivity contribution is 5.84. The van der Waals surface area contributed by atoms with Crippen LogP contribution in [-0.4, -0.2) is 34.6 Å². The maximum Gasteiger partial charge on any atom is 0.333 e. The van der Waals surface area contributed by atoms with Crippen LogP contribution in [0.25, 0.3) is 27.7 Å². The monoisotopic (exact) mass is 405 g/mol. The van der Waals surface area contributed by atoms with E-state index >= 15 is 8.78 Å². The predicted octanol–water partition coefficient (Wildman–Crippen LogP) is 3.78. The molecule has 150 valence electrons. The van der Waals surface area contributed by atoms with Crippen LogP contribution in [0.3, 0.4) is 0 Å². The third kappa shape index (κ3) is 2.90. The smallest absolute Gasteiger partial charge is 0.275 e. The third-order valence-electron chi connectivity index (χ3n) is 5.04. The molecule has 7 nitrogen and oxygen atoms in total. The number of fused-ring (bicyclic) bond motifs is 2. The Labute approximate surface area is 170 Å². The molecule has 4 heterocycles. The number of halogens is 2. The van der Waals surface area contributed by atoms with E-state index in [2.05, 4.69) is 25.4 Å². The topological polar surface area (TPSA) is 73.8 Å². The lowest BCUT2D eigenvalue weighted by atomic mass is 10.0. The van der Waals surface area contributed by atoms with Crippen molar-refractivity contribution in [3.63, 3.8) is 0 Å². The average Bonchev–Trinajstić information content (AvgIpc) is 3.39. The first-order valence-electron chi connectivity index (χ1n) is 9.44. The molecule has 1 aromatic carbocycles. The van der Waals surface area contributed by atoms with Crippen molar-refractivity contribution in [2.75, 3.05) is 0 Å². The van der Waals surface area contributed by atoms with E-state index in [4.69, 9.17) is 0 Å². The summed E-state index contributed by atoms with van der Waals surface area (Å²) < 4.78 is 33.7. The molecular weight excluding hydrogens is 388 g/mol. The number of hydrogen-bond donors (Lipinski definition) is 0. The molecule has 0 aliphatic heterocycles. The van der Waals surface area contributed by atoms with Gasteiger partial charge in [-0.25, -0.2) is 0 Å². The largest absolute Gasteiger partial charge is 0.333 e. The molecule has 0 spiro atoms. The zero-order valence-corrected chi connectivity index (χ0v) is 16.3. The van der Waals surface area contributed by atoms with Gasteiger partial charge >= 0.3 is 5.92 Å². The molecule has 5 aromatic rings. The van der Waals surface area contributed by atoms with Gasteiger partial charge in [-0.05, 0) is 36.8 Å². The number of benzene rings is 1. The van der Waals surface area contributed by atoms with Gasteiger partial charge in [-0.2, -0.15) is 23.5 Å². The molecule has 0 radical (unpaired) electrons. The normalized spacial score (nSPS) is 12.1. The minimum absolute atomic E-state index is 0.196. The first-order valence-corrected chi connectivity index (χ1v) is 9.44. The Morgan fingerprint density at radius 1 is 1.00 bits per heavy atom. The summed E-state index contributed by atoms with van der Waals surface area (Å²) >= 11 is 0. The molecular formula is C21H17F2N7. The van der Waals surface area contributed by atoms with E-state index in [-0.39, 0.29) is 11.2 Å². The van der Waals surface area contributed by atoms with Crippen LogP contribution in [0.5, 0.6) is 0 Å². The molecule has 0 amide bonds. The van der Waals surface area contributed by atoms with E-state index in [0.29, 0.717) is 23.0 Å². The fourth-order valence-corrected chi connectivity index (χ4v) is 3.40. The summed E-state index contributed by atoms with van der Waals surface area (Å²) in [6, 6.07) is 9.61. The summed E-state index contributed by atoms with van der Waals surface area (Å²) in [7, 11) is 1.82. The molecule has 0 aliphatic rings. The maximum atomic E-state index is 15.4. The Hall–Kier alpha value is -3.75. The minimum Gasteiger partial charge on any atom is -0.275 e. The summed E-state index contributed by atoms with van der Waals surface area (Å²) in [5.41, 5.74) is 3.06. The summed E-state index contributed by atoms with van der Waals surface area (Å²) in [6.07, 6.45) is 5.89. The highest BCUT2D eigenvalue weighted by atomic mass is 19.3. The van der Waals surface area contributed by atoms with Crippen molar-refractivity contribution in [2.24, 2.45) is 7.05 Å². The Balaban J connectivity index is 1.62. The van der Waals surface area contributed by atoms with Crippen LogP contribution in [0.4, 0.5) is 8.78 Å². The summed E-state index contributed by atoms with van der Waals surface area (Å²) in [6.45, 7) is 1.91. The van der Waals surface area contributed by atoms with Crippen LogP contribution in [0, 0.1) is 0 Å². The van der Waals surface area contributed by atoms with Crippen molar-refractivity contribution in [3.05, 3.63) is 72.1 Å². The third-order valence-corrected chi connectivity index (χ3v) is 5.04. The minimum atomic E-state index is -3.38. The molecule has 0 unspecified atom stereocenters. The van der Waals surface area contributed by atoms with Gasteiger partial charge in [0.25, 0.3) is 0 Å². The van der Waals surface area contributed by atoms with Gasteiger partial charge in [-0.3, -0.25) is 9.67 Å². The van der Waals surface area contributed by atoms with Crippen LogP contribution in [0.1, 0.15) is 24.0 Å². The number of alkyl halides is 2. The Morgan fingerprint density at radius 3 is 2.63 bits per heavy atom. The number of pyridine rings is 1. The quantitative estimate of drug-likeness (QED) is 0.455. The van der Waals surface area contributed by atoms with Gasteiger partial charge in [-0.15, -0.1) is 10.2 Å². The Bertz CT molecular complexity index is 1390. The fraction of sp³-hybridized carbons (Fsp3) is 0.190. The standard InChI is InChI=1S/C21H17F2N7/c1-3-17-5-7-19-26-27-20(30(19)28-17)21(22,23)16-4-6-18-13(9-16)8-14(10-24-18)15-11-25-29(2)12-15/h4-12H,3H2,1-2H3. The SMILES string of the molecule is CCc1ccc2nnc(C(F)(F)c3ccc4ncc(-c5cnn(C)c5)cc4c3)n2n1. The molecule has 0 aliphatic carbocycles. The van der Waals surface area contributed by atoms with Crippen molar-refractivity contribution in [1.82, 2.24) is 34.6 Å². The highest BCUT2D eigenvalue weighted by Gasteiger charge is 2.40. The summed E-state index contributed by atoms with van der Waals surface area (Å²) in [4.78, 5) is 4.40. The van der Waals surface area contributed by atoms with Crippen molar-refractivity contribution in [2.45, 2.75) is 19.3 Å². The fourth-order valence-electron chi connectivity index (χ4n) is 3.40. The van der Waals surface area contributed by atoms with Gasteiger partial charge < -0.3 is 0 Å². The number of rotatable bonds is 4. The lowest BCUT2D eigenvalue weighted by Gasteiger charge is -2.15. The first-order chi connectivity index (χ1) is 14.5. The molecule has 0 fully saturated rings. The van der Waals surface area contributed by atoms with Gasteiger partial charge in [0.1, 0.15) is 0 Å². The molecule has 0 bridgehead atoms. The second-order valence-corrected chi connectivity index (χ2v) is 7.08. The van der Waals surface area contributed by atoms with Gasteiger partial charge in [0.05, 0.1) is 17.4 Å². The van der Waals surface area contributed by atoms with Gasteiger partial charge in [0.15, 0.2) is 5.65 Å². The van der Waals surface area contributed by atoms with Crippen molar-refractivity contribution < 1.29 is 8.78 Å². The van der Waals surface area contributed by atoms with Crippen LogP contribution in [0.15, 0.2) is 55.0 Å². The molecule has 0 N–H and O–H groups in total. The van der Waals surface area contributed by atoms with E-state index in [9.17, 15) is 0 Å². The number of nitrogens with zero attached hydrogens (tertiary/aromatic N) is 7. The van der Waals surface area contributed by atoms with E-state index in [0.717, 1.165) is 15.6 Å². The number of aryl methyl sites for hydroxylation is 2. The van der Waals surface area contributed by atoms with E-state index in [1.807, 2.05) is 26.2 Å². The lowest BCUT2D eigenvalue weighted by Crippen LogP contribution is -2.20. The van der Waals surface area contributed by atoms with Gasteiger partial charge in [-0.1, -0.05) is 13.0 Å². The average molecular weight is 405 g/mol. The summed E-state index contributed by atoms with van der Waals surface area (Å²) in [5, 5.41) is 16.6. The van der Waals surface area contributed by atoms with E-state index < -0.39 is 11.7 Å². The first kappa shape index (κ1) is 18.3. The van der Waals surface area contributed by atoms with Crippen molar-refractivity contribution in [1.29, 1.82) is 0 Å². The molecule has 9 heteroatoms. The van der Waals surface area contributed by atoms with E-state index in [1.165, 1.54) is 12.1 Å². The molecule has 5 rings (SSSR count). The van der Waals surface area contributed by atoms with Crippen LogP contribution in [0.2, 0.25) is 0 Å². The zero-order chi connectivity index (χ0) is 20.9.